The summed E-state index contributed by atoms with van der Waals surface area (Å²) in [7, 11) is 0. The van der Waals surface area contributed by atoms with Crippen LogP contribution < -0.4 is 4.90 Å². The minimum Gasteiger partial charge on any atom is -0.464 e. The Morgan fingerprint density at radius 3 is 2.14 bits per heavy atom. The molecule has 1 saturated heterocycles. The van der Waals surface area contributed by atoms with E-state index < -0.39 is 0 Å². The van der Waals surface area contributed by atoms with Crippen molar-refractivity contribution in [3.63, 3.8) is 0 Å². The van der Waals surface area contributed by atoms with Crippen LogP contribution in [0.5, 0.6) is 0 Å². The molecular weight excluding hydrogens is 321 g/mol. The van der Waals surface area contributed by atoms with Crippen LogP contribution in [0.2, 0.25) is 10.0 Å². The normalized spacial score (nSPS) is 19.9. The van der Waals surface area contributed by atoms with E-state index >= 15 is 0 Å². The summed E-state index contributed by atoms with van der Waals surface area (Å²) in [6, 6.07) is 14.7. The maximum Gasteiger partial charge on any atom is 0.331 e. The highest BCUT2D eigenvalue weighted by molar-refractivity contribution is 6.30. The number of anilines is 1. The summed E-state index contributed by atoms with van der Waals surface area (Å²) in [6.45, 7) is 2.18. The Morgan fingerprint density at radius 1 is 1.05 bits per heavy atom. The molecule has 1 fully saturated rings. The third-order valence-electron chi connectivity index (χ3n) is 3.67. The summed E-state index contributed by atoms with van der Waals surface area (Å²) < 4.78 is 5.18. The predicted octanol–water partition coefficient (Wildman–Crippen LogP) is 4.49. The molecule has 2 aromatic carbocycles. The van der Waals surface area contributed by atoms with Crippen LogP contribution in [-0.2, 0) is 9.53 Å². The maximum absolute atomic E-state index is 12.2. The highest BCUT2D eigenvalue weighted by Crippen LogP contribution is 2.47. The number of esters is 1. The Labute approximate surface area is 139 Å². The number of carbonyl (C=O) groups excluding carboxylic acids is 1. The van der Waals surface area contributed by atoms with Crippen LogP contribution >= 0.6 is 23.2 Å². The molecular formula is C17H15Cl2NO2. The molecule has 3 nitrogen and oxygen atoms in total. The second-order valence-corrected chi connectivity index (χ2v) is 5.95. The highest BCUT2D eigenvalue weighted by Gasteiger charge is 2.54. The van der Waals surface area contributed by atoms with Crippen molar-refractivity contribution in [3.8, 4) is 0 Å². The molecule has 0 saturated carbocycles. The van der Waals surface area contributed by atoms with Crippen LogP contribution in [0.3, 0.4) is 0 Å². The molecule has 0 aliphatic carbocycles. The van der Waals surface area contributed by atoms with Crippen molar-refractivity contribution in [3.05, 3.63) is 64.1 Å². The number of nitrogens with zero attached hydrogens (tertiary/aromatic N) is 1. The quantitative estimate of drug-likeness (QED) is 0.609. The predicted molar refractivity (Wildman–Crippen MR) is 88.5 cm³/mol. The fraction of sp³-hybridized carbons (Fsp3) is 0.235. The molecule has 0 aromatic heterocycles. The van der Waals surface area contributed by atoms with Crippen molar-refractivity contribution in [1.82, 2.24) is 0 Å². The zero-order valence-corrected chi connectivity index (χ0v) is 13.5. The number of ether oxygens (including phenoxy) is 1. The lowest BCUT2D eigenvalue weighted by atomic mass is 10.1. The number of carbonyl (C=O) groups is 1. The molecule has 5 heteroatoms. The minimum absolute atomic E-state index is 0.0301. The van der Waals surface area contributed by atoms with Crippen molar-refractivity contribution >= 4 is 34.9 Å². The van der Waals surface area contributed by atoms with Crippen molar-refractivity contribution in [2.24, 2.45) is 0 Å². The maximum atomic E-state index is 12.2. The highest BCUT2D eigenvalue weighted by atomic mass is 35.5. The number of benzene rings is 2. The Morgan fingerprint density at radius 2 is 1.59 bits per heavy atom. The van der Waals surface area contributed by atoms with Crippen LogP contribution in [0.4, 0.5) is 5.69 Å². The molecule has 2 aromatic rings. The molecule has 0 unspecified atom stereocenters. The van der Waals surface area contributed by atoms with E-state index in [9.17, 15) is 4.79 Å². The van der Waals surface area contributed by atoms with Gasteiger partial charge in [-0.1, -0.05) is 35.3 Å². The fourth-order valence-corrected chi connectivity index (χ4v) is 2.89. The average Bonchev–Trinajstić information content (AvgIpc) is 3.24. The molecule has 1 heterocycles. The number of hydrogen-bond acceptors (Lipinski definition) is 3. The fourth-order valence-electron chi connectivity index (χ4n) is 2.64. The topological polar surface area (TPSA) is 29.3 Å². The van der Waals surface area contributed by atoms with E-state index in [-0.39, 0.29) is 18.1 Å². The smallest absolute Gasteiger partial charge is 0.331 e. The summed E-state index contributed by atoms with van der Waals surface area (Å²) in [4.78, 5) is 14.2. The molecule has 114 valence electrons. The van der Waals surface area contributed by atoms with Gasteiger partial charge in [0, 0.05) is 15.7 Å². The number of rotatable bonds is 4. The second-order valence-electron chi connectivity index (χ2n) is 5.08. The van der Waals surface area contributed by atoms with Gasteiger partial charge < -0.3 is 9.64 Å². The van der Waals surface area contributed by atoms with Crippen molar-refractivity contribution in [2.45, 2.75) is 19.0 Å². The molecule has 0 bridgehead atoms. The largest absolute Gasteiger partial charge is 0.464 e. The van der Waals surface area contributed by atoms with Gasteiger partial charge in [-0.2, -0.15) is 0 Å². The van der Waals surface area contributed by atoms with Gasteiger partial charge in [-0.05, 0) is 48.9 Å². The van der Waals surface area contributed by atoms with Crippen LogP contribution in [0.15, 0.2) is 48.5 Å². The van der Waals surface area contributed by atoms with Gasteiger partial charge in [0.05, 0.1) is 12.6 Å². The molecule has 0 N–H and O–H groups in total. The standard InChI is InChI=1S/C17H15Cl2NO2/c1-2-22-17(21)16-15(11-3-5-12(18)6-4-11)20(16)14-9-7-13(19)8-10-14/h3-10,15-16H,2H2,1H3/t15-,16-,20?/m1/s1. The van der Waals surface area contributed by atoms with E-state index in [1.165, 1.54) is 0 Å². The van der Waals surface area contributed by atoms with Crippen LogP contribution in [-0.4, -0.2) is 18.6 Å². The molecule has 22 heavy (non-hydrogen) atoms. The first-order valence-corrected chi connectivity index (χ1v) is 7.83. The molecule has 0 radical (unpaired) electrons. The minimum atomic E-state index is -0.303. The summed E-state index contributed by atoms with van der Waals surface area (Å²) in [5.74, 6) is -0.211. The number of hydrogen-bond donors (Lipinski definition) is 0. The van der Waals surface area contributed by atoms with Gasteiger partial charge in [0.15, 0.2) is 6.04 Å². The Bertz CT molecular complexity index is 619. The van der Waals surface area contributed by atoms with Gasteiger partial charge in [-0.25, -0.2) is 4.79 Å². The SMILES string of the molecule is CCOC(=O)[C@H]1[C@@H](c2ccc(Cl)cc2)N1c1ccc(Cl)cc1. The van der Waals surface area contributed by atoms with Gasteiger partial charge in [0.25, 0.3) is 0 Å². The average molecular weight is 336 g/mol. The van der Waals surface area contributed by atoms with E-state index in [1.807, 2.05) is 60.4 Å². The summed E-state index contributed by atoms with van der Waals surface area (Å²) in [6.07, 6.45) is 0. The van der Waals surface area contributed by atoms with E-state index in [0.717, 1.165) is 11.3 Å². The molecule has 0 spiro atoms. The summed E-state index contributed by atoms with van der Waals surface area (Å²) >= 11 is 11.9. The van der Waals surface area contributed by atoms with E-state index in [1.54, 1.807) is 0 Å². The van der Waals surface area contributed by atoms with Gasteiger partial charge in [-0.3, -0.25) is 0 Å². The first kappa shape index (κ1) is 15.2. The van der Waals surface area contributed by atoms with Crippen LogP contribution in [0.1, 0.15) is 18.5 Å². The number of halogens is 2. The van der Waals surface area contributed by atoms with Gasteiger partial charge in [0.2, 0.25) is 0 Å². The van der Waals surface area contributed by atoms with E-state index in [2.05, 4.69) is 0 Å². The monoisotopic (exact) mass is 335 g/mol. The second kappa shape index (κ2) is 6.19. The van der Waals surface area contributed by atoms with Gasteiger partial charge in [-0.15, -0.1) is 0 Å². The lowest BCUT2D eigenvalue weighted by molar-refractivity contribution is -0.142. The Hall–Kier alpha value is -1.71. The van der Waals surface area contributed by atoms with E-state index in [4.69, 9.17) is 27.9 Å². The third kappa shape index (κ3) is 2.92. The van der Waals surface area contributed by atoms with Gasteiger partial charge >= 0.3 is 5.97 Å². The molecule has 2 atom stereocenters. The zero-order chi connectivity index (χ0) is 15.7. The molecule has 0 amide bonds. The molecule has 1 aliphatic rings. The van der Waals surface area contributed by atoms with E-state index in [0.29, 0.717) is 16.7 Å². The third-order valence-corrected chi connectivity index (χ3v) is 4.18. The van der Waals surface area contributed by atoms with Crippen LogP contribution in [0, 0.1) is 0 Å². The first-order valence-electron chi connectivity index (χ1n) is 7.08. The molecule has 3 rings (SSSR count). The van der Waals surface area contributed by atoms with Crippen LogP contribution in [0.25, 0.3) is 0 Å². The zero-order valence-electron chi connectivity index (χ0n) is 12.0. The lowest BCUT2D eigenvalue weighted by Crippen LogP contribution is -2.15. The van der Waals surface area contributed by atoms with Crippen molar-refractivity contribution in [1.29, 1.82) is 0 Å². The van der Waals surface area contributed by atoms with Gasteiger partial charge in [0.1, 0.15) is 0 Å². The Balaban J connectivity index is 1.90. The first-order chi connectivity index (χ1) is 10.6. The Kier molecular flexibility index (Phi) is 4.27. The summed E-state index contributed by atoms with van der Waals surface area (Å²) in [5.41, 5.74) is 1.99. The summed E-state index contributed by atoms with van der Waals surface area (Å²) in [5, 5.41) is 1.34. The van der Waals surface area contributed by atoms with Crippen molar-refractivity contribution < 1.29 is 9.53 Å². The van der Waals surface area contributed by atoms with Crippen molar-refractivity contribution in [2.75, 3.05) is 11.5 Å². The lowest BCUT2D eigenvalue weighted by Gasteiger charge is -2.06. The molecule has 1 aliphatic heterocycles.